The number of rotatable bonds is 7. The van der Waals surface area contributed by atoms with Crippen LogP contribution >= 0.6 is 0 Å². The fourth-order valence-electron chi connectivity index (χ4n) is 4.82. The van der Waals surface area contributed by atoms with E-state index in [1.165, 1.54) is 0 Å². The molecule has 1 aliphatic heterocycles. The Morgan fingerprint density at radius 3 is 2.47 bits per heavy atom. The van der Waals surface area contributed by atoms with Gasteiger partial charge in [0.05, 0.1) is 22.8 Å². The van der Waals surface area contributed by atoms with Gasteiger partial charge < -0.3 is 9.80 Å². The number of benzene rings is 1. The Morgan fingerprint density at radius 1 is 1.08 bits per heavy atom. The van der Waals surface area contributed by atoms with Crippen molar-refractivity contribution in [2.24, 2.45) is 12.5 Å². The monoisotopic (exact) mass is 489 g/mol. The molecule has 192 valence electrons. The lowest BCUT2D eigenvalue weighted by Gasteiger charge is -2.33. The number of fused-ring (bicyclic) bond motifs is 1. The Labute approximate surface area is 214 Å². The largest absolute Gasteiger partial charge is 0.330 e. The quantitative estimate of drug-likeness (QED) is 0.508. The van der Waals surface area contributed by atoms with Gasteiger partial charge in [0.15, 0.2) is 5.65 Å². The van der Waals surface area contributed by atoms with Crippen molar-refractivity contribution in [1.82, 2.24) is 28.8 Å². The van der Waals surface area contributed by atoms with Gasteiger partial charge in [0.25, 0.3) is 0 Å². The second-order valence-corrected chi connectivity index (χ2v) is 11.4. The van der Waals surface area contributed by atoms with Crippen molar-refractivity contribution in [1.29, 1.82) is 5.26 Å². The molecule has 3 heterocycles. The molecule has 1 fully saturated rings. The van der Waals surface area contributed by atoms with E-state index >= 15 is 0 Å². The molecule has 0 atom stereocenters. The average molecular weight is 490 g/mol. The topological polar surface area (TPSA) is 73.3 Å². The molecule has 1 aromatic carbocycles. The van der Waals surface area contributed by atoms with Crippen molar-refractivity contribution in [3.05, 3.63) is 51.9 Å². The summed E-state index contributed by atoms with van der Waals surface area (Å²) in [6, 6.07) is 12.2. The third kappa shape index (κ3) is 5.86. The number of piperazine rings is 1. The molecule has 0 bridgehead atoms. The summed E-state index contributed by atoms with van der Waals surface area (Å²) in [5.74, 6) is 0. The zero-order chi connectivity index (χ0) is 26.0. The van der Waals surface area contributed by atoms with E-state index in [4.69, 9.17) is 4.98 Å². The first-order valence-corrected chi connectivity index (χ1v) is 12.7. The predicted molar refractivity (Wildman–Crippen MR) is 145 cm³/mol. The van der Waals surface area contributed by atoms with Crippen LogP contribution < -0.4 is 5.69 Å². The molecule has 0 aliphatic carbocycles. The highest BCUT2D eigenvalue weighted by Gasteiger charge is 2.20. The minimum atomic E-state index is -0.0687. The van der Waals surface area contributed by atoms with E-state index in [2.05, 4.69) is 61.7 Å². The predicted octanol–water partition coefficient (Wildman–Crippen LogP) is 3.00. The van der Waals surface area contributed by atoms with Crippen molar-refractivity contribution < 1.29 is 0 Å². The van der Waals surface area contributed by atoms with Gasteiger partial charge >= 0.3 is 5.69 Å². The maximum atomic E-state index is 12.9. The maximum absolute atomic E-state index is 12.9. The molecule has 0 radical (unpaired) electrons. The van der Waals surface area contributed by atoms with Crippen LogP contribution in [0.4, 0.5) is 0 Å². The van der Waals surface area contributed by atoms with Crippen LogP contribution in [0.5, 0.6) is 0 Å². The summed E-state index contributed by atoms with van der Waals surface area (Å²) in [5.41, 5.74) is 4.61. The van der Waals surface area contributed by atoms with Crippen LogP contribution in [0, 0.1) is 16.7 Å². The van der Waals surface area contributed by atoms with Gasteiger partial charge in [0.1, 0.15) is 0 Å². The SMILES string of the molecule is CN1CCN(CCN(C)Cc2ccc(C#N)c(-c3ccc4c(n3)n(C)c(=O)n4CC(C)(C)C)c2)CC1. The van der Waals surface area contributed by atoms with Gasteiger partial charge in [-0.25, -0.2) is 9.78 Å². The van der Waals surface area contributed by atoms with Crippen LogP contribution in [-0.2, 0) is 20.1 Å². The third-order valence-corrected chi connectivity index (χ3v) is 6.94. The van der Waals surface area contributed by atoms with E-state index in [9.17, 15) is 10.1 Å². The van der Waals surface area contributed by atoms with Crippen LogP contribution in [0.2, 0.25) is 0 Å². The van der Waals surface area contributed by atoms with Gasteiger partial charge in [-0.05, 0) is 49.3 Å². The van der Waals surface area contributed by atoms with E-state index in [1.54, 1.807) is 16.2 Å². The molecule has 8 nitrogen and oxygen atoms in total. The second-order valence-electron chi connectivity index (χ2n) is 11.4. The number of imidazole rings is 1. The lowest BCUT2D eigenvalue weighted by Crippen LogP contribution is -2.46. The van der Waals surface area contributed by atoms with Crippen molar-refractivity contribution in [3.63, 3.8) is 0 Å². The molecule has 8 heteroatoms. The van der Waals surface area contributed by atoms with E-state index in [-0.39, 0.29) is 11.1 Å². The van der Waals surface area contributed by atoms with Crippen molar-refractivity contribution >= 4 is 11.2 Å². The zero-order valence-corrected chi connectivity index (χ0v) is 22.6. The van der Waals surface area contributed by atoms with Gasteiger partial charge in [-0.1, -0.05) is 26.8 Å². The average Bonchev–Trinajstić information content (AvgIpc) is 3.07. The highest BCUT2D eigenvalue weighted by molar-refractivity contribution is 5.78. The number of pyridine rings is 1. The molecule has 3 aromatic rings. The van der Waals surface area contributed by atoms with Gasteiger partial charge in [0, 0.05) is 65.0 Å². The minimum absolute atomic E-state index is 0.0323. The molecule has 36 heavy (non-hydrogen) atoms. The smallest absolute Gasteiger partial charge is 0.304 e. The van der Waals surface area contributed by atoms with Gasteiger partial charge in [0.2, 0.25) is 0 Å². The summed E-state index contributed by atoms with van der Waals surface area (Å²) in [6.07, 6.45) is 0. The fourth-order valence-corrected chi connectivity index (χ4v) is 4.82. The summed E-state index contributed by atoms with van der Waals surface area (Å²) < 4.78 is 3.40. The van der Waals surface area contributed by atoms with Crippen LogP contribution in [0.3, 0.4) is 0 Å². The number of nitriles is 1. The molecule has 1 saturated heterocycles. The van der Waals surface area contributed by atoms with E-state index in [0.717, 1.165) is 62.5 Å². The number of aryl methyl sites for hydroxylation is 1. The van der Waals surface area contributed by atoms with Crippen LogP contribution in [0.25, 0.3) is 22.4 Å². The third-order valence-electron chi connectivity index (χ3n) is 6.94. The van der Waals surface area contributed by atoms with Crippen molar-refractivity contribution in [3.8, 4) is 17.3 Å². The minimum Gasteiger partial charge on any atom is -0.304 e. The molecule has 0 unspecified atom stereocenters. The highest BCUT2D eigenvalue weighted by Crippen LogP contribution is 2.27. The molecular formula is C28H39N7O. The molecule has 2 aromatic heterocycles. The first kappa shape index (κ1) is 26.1. The Balaban J connectivity index is 1.56. The molecule has 0 amide bonds. The summed E-state index contributed by atoms with van der Waals surface area (Å²) in [6.45, 7) is 14.3. The molecular weight excluding hydrogens is 450 g/mol. The van der Waals surface area contributed by atoms with Gasteiger partial charge in [-0.15, -0.1) is 0 Å². The number of likely N-dealkylation sites (N-methyl/N-ethyl adjacent to an activating group) is 2. The number of hydrogen-bond donors (Lipinski definition) is 0. The summed E-state index contributed by atoms with van der Waals surface area (Å²) in [4.78, 5) is 25.0. The van der Waals surface area contributed by atoms with E-state index in [0.29, 0.717) is 23.4 Å². The van der Waals surface area contributed by atoms with E-state index in [1.807, 2.05) is 24.3 Å². The Hall–Kier alpha value is -2.99. The zero-order valence-electron chi connectivity index (χ0n) is 22.6. The van der Waals surface area contributed by atoms with Crippen molar-refractivity contribution in [2.45, 2.75) is 33.9 Å². The maximum Gasteiger partial charge on any atom is 0.330 e. The van der Waals surface area contributed by atoms with Crippen LogP contribution in [0.15, 0.2) is 35.1 Å². The normalized spacial score (nSPS) is 15.6. The molecule has 0 N–H and O–H groups in total. The van der Waals surface area contributed by atoms with E-state index < -0.39 is 0 Å². The first-order chi connectivity index (χ1) is 17.1. The molecule has 4 rings (SSSR count). The number of hydrogen-bond acceptors (Lipinski definition) is 6. The number of nitrogens with zero attached hydrogens (tertiary/aromatic N) is 7. The second kappa shape index (κ2) is 10.6. The fraction of sp³-hybridized carbons (Fsp3) is 0.536. The lowest BCUT2D eigenvalue weighted by atomic mass is 9.97. The van der Waals surface area contributed by atoms with Gasteiger partial charge in [-0.2, -0.15) is 5.26 Å². The summed E-state index contributed by atoms with van der Waals surface area (Å²) >= 11 is 0. The molecule has 0 spiro atoms. The van der Waals surface area contributed by atoms with Gasteiger partial charge in [-0.3, -0.25) is 14.0 Å². The Morgan fingerprint density at radius 2 is 1.81 bits per heavy atom. The molecule has 1 aliphatic rings. The molecule has 0 saturated carbocycles. The Kier molecular flexibility index (Phi) is 7.65. The van der Waals surface area contributed by atoms with Crippen LogP contribution in [-0.4, -0.2) is 82.2 Å². The first-order valence-electron chi connectivity index (χ1n) is 12.7. The van der Waals surface area contributed by atoms with Crippen molar-refractivity contribution in [2.75, 3.05) is 53.4 Å². The number of aromatic nitrogens is 3. The summed E-state index contributed by atoms with van der Waals surface area (Å²) in [5, 5.41) is 9.79. The summed E-state index contributed by atoms with van der Waals surface area (Å²) in [7, 11) is 6.09. The lowest BCUT2D eigenvalue weighted by molar-refractivity contribution is 0.139. The van der Waals surface area contributed by atoms with Crippen LogP contribution in [0.1, 0.15) is 31.9 Å². The Bertz CT molecular complexity index is 1320. The highest BCUT2D eigenvalue weighted by atomic mass is 16.1. The standard InChI is InChI=1S/C28H39N7O/c1-28(2,3)20-35-25-10-9-24(30-26(25)33(6)27(35)36)23-17-21(7-8-22(23)18-29)19-32(5)13-16-34-14-11-31(4)12-15-34/h7-10,17H,11-16,19-20H2,1-6H3.